The van der Waals surface area contributed by atoms with Crippen LogP contribution in [0.2, 0.25) is 0 Å². The first-order chi connectivity index (χ1) is 11.3. The molecule has 0 N–H and O–H groups in total. The average Bonchev–Trinajstić information content (AvgIpc) is 2.53. The Kier molecular flexibility index (Phi) is 5.93. The topological polar surface area (TPSA) is 101 Å². The molecule has 1 aliphatic rings. The number of hydrogen-bond donors (Lipinski definition) is 0. The SMILES string of the molecule is O=S(=O)([O-])C1=C(c2ccccc2)OC(c2ccccc2)=CS1(=O)=O.[Na+]. The van der Waals surface area contributed by atoms with Crippen molar-refractivity contribution >= 4 is 31.5 Å². The molecule has 1 aliphatic heterocycles. The molecule has 3 rings (SSSR count). The van der Waals surface area contributed by atoms with Crippen LogP contribution in [-0.4, -0.2) is 21.4 Å². The standard InChI is InChI=1S/C16H12O6S2.Na/c17-23(18)11-14(12-7-3-1-4-8-12)22-15(16(23)24(19,20)21)13-9-5-2-6-10-13;/h1-11H,(H,19,20,21);/q;+1/p-1. The Morgan fingerprint density at radius 2 is 1.32 bits per heavy atom. The molecule has 0 aromatic heterocycles. The molecule has 0 saturated heterocycles. The van der Waals surface area contributed by atoms with E-state index in [1.54, 1.807) is 48.5 Å². The van der Waals surface area contributed by atoms with Gasteiger partial charge in [-0.05, 0) is 0 Å². The molecule has 0 amide bonds. The molecule has 25 heavy (non-hydrogen) atoms. The van der Waals surface area contributed by atoms with Crippen LogP contribution in [0, 0.1) is 0 Å². The van der Waals surface area contributed by atoms with Crippen molar-refractivity contribution < 1.29 is 55.7 Å². The zero-order valence-corrected chi connectivity index (χ0v) is 16.7. The van der Waals surface area contributed by atoms with Gasteiger partial charge in [-0.2, -0.15) is 0 Å². The molecule has 0 bridgehead atoms. The van der Waals surface area contributed by atoms with Gasteiger partial charge in [0.2, 0.25) is 9.84 Å². The summed E-state index contributed by atoms with van der Waals surface area (Å²) >= 11 is 0. The maximum absolute atomic E-state index is 12.4. The van der Waals surface area contributed by atoms with Gasteiger partial charge in [0.1, 0.15) is 15.9 Å². The number of ether oxygens (including phenoxy) is 1. The van der Waals surface area contributed by atoms with Gasteiger partial charge >= 0.3 is 29.6 Å². The molecule has 9 heteroatoms. The third kappa shape index (κ3) is 4.22. The van der Waals surface area contributed by atoms with E-state index in [0.29, 0.717) is 11.0 Å². The summed E-state index contributed by atoms with van der Waals surface area (Å²) in [7, 11) is -9.75. The van der Waals surface area contributed by atoms with Crippen LogP contribution in [-0.2, 0) is 24.7 Å². The van der Waals surface area contributed by atoms with Crippen LogP contribution in [0.5, 0.6) is 0 Å². The van der Waals surface area contributed by atoms with Crippen molar-refractivity contribution in [3.05, 3.63) is 81.4 Å². The Labute approximate surface area is 167 Å². The predicted octanol–water partition coefficient (Wildman–Crippen LogP) is -0.694. The minimum atomic E-state index is -5.26. The zero-order chi connectivity index (χ0) is 17.4. The van der Waals surface area contributed by atoms with Crippen molar-refractivity contribution in [1.29, 1.82) is 0 Å². The molecule has 0 radical (unpaired) electrons. The van der Waals surface area contributed by atoms with Gasteiger partial charge in [0.05, 0.1) is 5.41 Å². The van der Waals surface area contributed by atoms with Gasteiger partial charge in [0, 0.05) is 11.1 Å². The second kappa shape index (κ2) is 7.45. The van der Waals surface area contributed by atoms with Crippen LogP contribution in [0.4, 0.5) is 0 Å². The first kappa shape index (κ1) is 19.9. The predicted molar refractivity (Wildman–Crippen MR) is 87.5 cm³/mol. The van der Waals surface area contributed by atoms with Gasteiger partial charge in [-0.3, -0.25) is 0 Å². The Bertz CT molecular complexity index is 1040. The van der Waals surface area contributed by atoms with Crippen LogP contribution in [0.1, 0.15) is 11.1 Å². The van der Waals surface area contributed by atoms with E-state index in [1.807, 2.05) is 0 Å². The third-order valence-electron chi connectivity index (χ3n) is 3.24. The van der Waals surface area contributed by atoms with Crippen LogP contribution in [0.15, 0.2) is 70.3 Å². The van der Waals surface area contributed by atoms with Crippen LogP contribution >= 0.6 is 0 Å². The van der Waals surface area contributed by atoms with Crippen molar-refractivity contribution in [3.8, 4) is 0 Å². The van der Waals surface area contributed by atoms with E-state index in [4.69, 9.17) is 4.74 Å². The van der Waals surface area contributed by atoms with Gasteiger partial charge in [0.15, 0.2) is 10.00 Å². The summed E-state index contributed by atoms with van der Waals surface area (Å²) < 4.78 is 63.6. The number of hydrogen-bond acceptors (Lipinski definition) is 6. The Morgan fingerprint density at radius 1 is 0.840 bits per heavy atom. The van der Waals surface area contributed by atoms with Gasteiger partial charge in [-0.25, -0.2) is 16.8 Å². The van der Waals surface area contributed by atoms with Crippen LogP contribution in [0.25, 0.3) is 11.5 Å². The van der Waals surface area contributed by atoms with E-state index in [2.05, 4.69) is 0 Å². The van der Waals surface area contributed by atoms with Crippen molar-refractivity contribution in [2.45, 2.75) is 0 Å². The largest absolute Gasteiger partial charge is 1.00 e. The van der Waals surface area contributed by atoms with E-state index < -0.39 is 30.0 Å². The number of benzene rings is 2. The molecular formula is C16H11NaO6S2. The molecule has 124 valence electrons. The molecule has 0 atom stereocenters. The van der Waals surface area contributed by atoms with Gasteiger partial charge in [-0.15, -0.1) is 0 Å². The van der Waals surface area contributed by atoms with E-state index in [0.717, 1.165) is 0 Å². The molecule has 0 aliphatic carbocycles. The van der Waals surface area contributed by atoms with E-state index in [1.165, 1.54) is 12.1 Å². The van der Waals surface area contributed by atoms with Gasteiger partial charge in [-0.1, -0.05) is 60.7 Å². The Morgan fingerprint density at radius 3 is 1.80 bits per heavy atom. The molecule has 1 heterocycles. The Hall–Kier alpha value is -1.42. The minimum absolute atomic E-state index is 0. The summed E-state index contributed by atoms with van der Waals surface area (Å²) in [5.41, 5.74) is 0.619. The van der Waals surface area contributed by atoms with E-state index in [9.17, 15) is 21.4 Å². The second-order valence-electron chi connectivity index (χ2n) is 4.93. The Balaban J connectivity index is 0.00000225. The zero-order valence-electron chi connectivity index (χ0n) is 13.1. The minimum Gasteiger partial charge on any atom is -0.743 e. The maximum atomic E-state index is 12.4. The molecular weight excluding hydrogens is 375 g/mol. The fourth-order valence-corrected chi connectivity index (χ4v) is 4.91. The molecule has 0 fully saturated rings. The maximum Gasteiger partial charge on any atom is 1.00 e. The molecule has 0 saturated carbocycles. The van der Waals surface area contributed by atoms with Gasteiger partial charge < -0.3 is 9.29 Å². The summed E-state index contributed by atoms with van der Waals surface area (Å²) in [6.45, 7) is 0. The van der Waals surface area contributed by atoms with Crippen LogP contribution < -0.4 is 29.6 Å². The first-order valence-corrected chi connectivity index (χ1v) is 9.70. The fourth-order valence-electron chi connectivity index (χ4n) is 2.25. The molecule has 6 nitrogen and oxygen atoms in total. The number of sulfone groups is 1. The summed E-state index contributed by atoms with van der Waals surface area (Å²) in [4.78, 5) is 0. The molecule has 0 unspecified atom stereocenters. The third-order valence-corrected chi connectivity index (χ3v) is 6.41. The van der Waals surface area contributed by atoms with E-state index >= 15 is 0 Å². The average molecular weight is 386 g/mol. The number of rotatable bonds is 3. The molecule has 2 aromatic rings. The second-order valence-corrected chi connectivity index (χ2v) is 8.24. The monoisotopic (exact) mass is 386 g/mol. The summed E-state index contributed by atoms with van der Waals surface area (Å²) in [5, 5.41) is 0.652. The van der Waals surface area contributed by atoms with Gasteiger partial charge in [0.25, 0.3) is 0 Å². The van der Waals surface area contributed by atoms with Crippen molar-refractivity contribution in [2.75, 3.05) is 0 Å². The molecule has 0 spiro atoms. The summed E-state index contributed by atoms with van der Waals surface area (Å²) in [6, 6.07) is 16.1. The fraction of sp³-hybridized carbons (Fsp3) is 0. The van der Waals surface area contributed by atoms with E-state index in [-0.39, 0.29) is 40.9 Å². The van der Waals surface area contributed by atoms with Crippen molar-refractivity contribution in [3.63, 3.8) is 0 Å². The summed E-state index contributed by atoms with van der Waals surface area (Å²) in [5.74, 6) is -0.547. The van der Waals surface area contributed by atoms with Crippen molar-refractivity contribution in [1.82, 2.24) is 0 Å². The quantitative estimate of drug-likeness (QED) is 0.511. The summed E-state index contributed by atoms with van der Waals surface area (Å²) in [6.07, 6.45) is 0. The molecule has 2 aromatic carbocycles. The van der Waals surface area contributed by atoms with Crippen LogP contribution in [0.3, 0.4) is 0 Å². The van der Waals surface area contributed by atoms with Crippen molar-refractivity contribution in [2.24, 2.45) is 0 Å². The smallest absolute Gasteiger partial charge is 0.743 e. The normalized spacial score (nSPS) is 16.4. The first-order valence-electron chi connectivity index (χ1n) is 6.75.